The largest absolute Gasteiger partial charge is 0.371 e. The first kappa shape index (κ1) is 11.0. The number of halogens is 1. The molecule has 1 atom stereocenters. The Morgan fingerprint density at radius 2 is 2.11 bits per heavy atom. The number of rotatable bonds is 1. The molecule has 1 aromatic carbocycles. The molecule has 1 unspecified atom stereocenters. The molecule has 6 heteroatoms. The van der Waals surface area contributed by atoms with Crippen molar-refractivity contribution in [1.29, 1.82) is 0 Å². The molecular formula is C12H11FN4O. The van der Waals surface area contributed by atoms with Gasteiger partial charge in [-0.15, -0.1) is 0 Å². The van der Waals surface area contributed by atoms with E-state index in [-0.39, 0.29) is 11.9 Å². The minimum Gasteiger partial charge on any atom is -0.371 e. The maximum Gasteiger partial charge on any atom is 0.153 e. The Morgan fingerprint density at radius 1 is 1.28 bits per heavy atom. The van der Waals surface area contributed by atoms with Gasteiger partial charge in [-0.2, -0.15) is 5.10 Å². The Kier molecular flexibility index (Phi) is 2.85. The highest BCUT2D eigenvalue weighted by Gasteiger charge is 2.18. The van der Waals surface area contributed by atoms with Crippen molar-refractivity contribution in [2.45, 2.75) is 6.04 Å². The van der Waals surface area contributed by atoms with Gasteiger partial charge in [0, 0.05) is 0 Å². The van der Waals surface area contributed by atoms with Crippen LogP contribution in [-0.4, -0.2) is 33.8 Å². The van der Waals surface area contributed by atoms with Crippen LogP contribution >= 0.6 is 0 Å². The third-order valence-corrected chi connectivity index (χ3v) is 2.75. The molecule has 0 saturated carbocycles. The zero-order chi connectivity index (χ0) is 12.4. The molecule has 18 heavy (non-hydrogen) atoms. The first-order valence-corrected chi connectivity index (χ1v) is 5.58. The average Bonchev–Trinajstić information content (AvgIpc) is 2.94. The molecule has 0 N–H and O–H groups in total. The minimum atomic E-state index is -0.254. The second-order valence-corrected chi connectivity index (χ2v) is 3.97. The van der Waals surface area contributed by atoms with Gasteiger partial charge in [0.05, 0.1) is 6.61 Å². The van der Waals surface area contributed by atoms with Crippen LogP contribution in [0.15, 0.2) is 41.9 Å². The predicted molar refractivity (Wildman–Crippen MR) is 62.8 cm³/mol. The van der Waals surface area contributed by atoms with E-state index in [2.05, 4.69) is 15.1 Å². The normalized spacial score (nSPS) is 19.6. The van der Waals surface area contributed by atoms with Crippen LogP contribution in [0.25, 0.3) is 0 Å². The summed E-state index contributed by atoms with van der Waals surface area (Å²) in [5, 5.41) is 4.02. The maximum atomic E-state index is 12.9. The van der Waals surface area contributed by atoms with Gasteiger partial charge in [0.1, 0.15) is 31.1 Å². The summed E-state index contributed by atoms with van der Waals surface area (Å²) in [7, 11) is 0. The van der Waals surface area contributed by atoms with Gasteiger partial charge in [-0.25, -0.2) is 14.1 Å². The third-order valence-electron chi connectivity index (χ3n) is 2.75. The van der Waals surface area contributed by atoms with E-state index in [0.717, 1.165) is 5.56 Å². The van der Waals surface area contributed by atoms with Gasteiger partial charge >= 0.3 is 0 Å². The highest BCUT2D eigenvalue weighted by Crippen LogP contribution is 2.21. The molecule has 2 heterocycles. The van der Waals surface area contributed by atoms with Gasteiger partial charge in [0.15, 0.2) is 5.84 Å². The van der Waals surface area contributed by atoms with Crippen LogP contribution in [-0.2, 0) is 4.74 Å². The maximum absolute atomic E-state index is 12.9. The molecule has 0 radical (unpaired) electrons. The summed E-state index contributed by atoms with van der Waals surface area (Å²) in [6.45, 7) is 0.894. The number of hydrogen-bond acceptors (Lipinski definition) is 4. The van der Waals surface area contributed by atoms with Crippen molar-refractivity contribution in [2.75, 3.05) is 13.2 Å². The Hall–Kier alpha value is -2.08. The predicted octanol–water partition coefficient (Wildman–Crippen LogP) is 1.44. The van der Waals surface area contributed by atoms with Gasteiger partial charge in [-0.05, 0) is 17.7 Å². The van der Waals surface area contributed by atoms with Crippen molar-refractivity contribution in [3.05, 3.63) is 48.3 Å². The third kappa shape index (κ3) is 2.14. The van der Waals surface area contributed by atoms with Crippen LogP contribution in [0.2, 0.25) is 0 Å². The van der Waals surface area contributed by atoms with E-state index in [1.165, 1.54) is 18.5 Å². The summed E-state index contributed by atoms with van der Waals surface area (Å²) in [6.07, 6.45) is 3.03. The number of aromatic nitrogens is 3. The van der Waals surface area contributed by atoms with E-state index in [4.69, 9.17) is 4.74 Å². The summed E-state index contributed by atoms with van der Waals surface area (Å²) < 4.78 is 19.9. The highest BCUT2D eigenvalue weighted by atomic mass is 19.1. The van der Waals surface area contributed by atoms with Crippen molar-refractivity contribution < 1.29 is 9.13 Å². The summed E-state index contributed by atoms with van der Waals surface area (Å²) in [6, 6.07) is 6.16. The molecule has 0 amide bonds. The molecule has 1 aliphatic rings. The first-order chi connectivity index (χ1) is 8.83. The van der Waals surface area contributed by atoms with Gasteiger partial charge < -0.3 is 4.74 Å². The van der Waals surface area contributed by atoms with Crippen LogP contribution in [0.4, 0.5) is 4.39 Å². The quantitative estimate of drug-likeness (QED) is 0.765. The van der Waals surface area contributed by atoms with Gasteiger partial charge in [-0.1, -0.05) is 12.1 Å². The van der Waals surface area contributed by atoms with Gasteiger partial charge in [0.2, 0.25) is 0 Å². The van der Waals surface area contributed by atoms with Crippen molar-refractivity contribution >= 4 is 5.84 Å². The lowest BCUT2D eigenvalue weighted by atomic mass is 10.1. The molecule has 0 fully saturated rings. The first-order valence-electron chi connectivity index (χ1n) is 5.58. The van der Waals surface area contributed by atoms with E-state index < -0.39 is 0 Å². The van der Waals surface area contributed by atoms with Gasteiger partial charge in [-0.3, -0.25) is 4.99 Å². The molecule has 2 aromatic rings. The second kappa shape index (κ2) is 4.66. The summed E-state index contributed by atoms with van der Waals surface area (Å²) in [4.78, 5) is 8.43. The molecule has 0 saturated heterocycles. The van der Waals surface area contributed by atoms with E-state index in [0.29, 0.717) is 19.0 Å². The number of hydrogen-bond donors (Lipinski definition) is 0. The molecular weight excluding hydrogens is 235 g/mol. The van der Waals surface area contributed by atoms with Crippen LogP contribution in [0.1, 0.15) is 11.6 Å². The van der Waals surface area contributed by atoms with Crippen LogP contribution in [0.5, 0.6) is 0 Å². The van der Waals surface area contributed by atoms with E-state index in [1.54, 1.807) is 23.1 Å². The molecule has 0 bridgehead atoms. The van der Waals surface area contributed by atoms with Gasteiger partial charge in [0.25, 0.3) is 0 Å². The zero-order valence-electron chi connectivity index (χ0n) is 9.53. The molecule has 1 aromatic heterocycles. The Labute approximate surface area is 103 Å². The Bertz CT molecular complexity index is 550. The van der Waals surface area contributed by atoms with Crippen molar-refractivity contribution in [1.82, 2.24) is 14.8 Å². The van der Waals surface area contributed by atoms with E-state index >= 15 is 0 Å². The highest BCUT2D eigenvalue weighted by molar-refractivity contribution is 5.85. The fourth-order valence-corrected chi connectivity index (χ4v) is 1.84. The monoisotopic (exact) mass is 246 g/mol. The lowest BCUT2D eigenvalue weighted by Gasteiger charge is -2.20. The fraction of sp³-hybridized carbons (Fsp3) is 0.250. The minimum absolute atomic E-state index is 0.126. The summed E-state index contributed by atoms with van der Waals surface area (Å²) in [5.74, 6) is 0.448. The Balaban J connectivity index is 1.89. The van der Waals surface area contributed by atoms with Crippen LogP contribution < -0.4 is 0 Å². The molecule has 5 nitrogen and oxygen atoms in total. The number of aliphatic imine (C=N–C) groups is 1. The zero-order valence-corrected chi connectivity index (χ0v) is 9.53. The van der Waals surface area contributed by atoms with Crippen molar-refractivity contribution in [3.8, 4) is 0 Å². The van der Waals surface area contributed by atoms with Crippen molar-refractivity contribution in [2.24, 2.45) is 4.99 Å². The molecule has 3 rings (SSSR count). The Morgan fingerprint density at radius 3 is 2.83 bits per heavy atom. The SMILES string of the molecule is Fc1ccc(C2COCC(n3cncn3)=N2)cc1. The van der Waals surface area contributed by atoms with Crippen molar-refractivity contribution in [3.63, 3.8) is 0 Å². The number of ether oxygens (including phenoxy) is 1. The van der Waals surface area contributed by atoms with E-state index in [1.807, 2.05) is 0 Å². The summed E-state index contributed by atoms with van der Waals surface area (Å²) in [5.41, 5.74) is 0.925. The summed E-state index contributed by atoms with van der Waals surface area (Å²) >= 11 is 0. The standard InChI is InChI=1S/C12H11FN4O/c13-10-3-1-9(2-4-10)11-5-18-6-12(16-11)17-8-14-7-15-17/h1-4,7-8,11H,5-6H2. The molecule has 0 spiro atoms. The topological polar surface area (TPSA) is 52.3 Å². The molecule has 0 aliphatic carbocycles. The molecule has 1 aliphatic heterocycles. The van der Waals surface area contributed by atoms with Crippen LogP contribution in [0.3, 0.4) is 0 Å². The average molecular weight is 246 g/mol. The van der Waals surface area contributed by atoms with E-state index in [9.17, 15) is 4.39 Å². The molecule has 92 valence electrons. The second-order valence-electron chi connectivity index (χ2n) is 3.97. The number of benzene rings is 1. The van der Waals surface area contributed by atoms with Crippen LogP contribution in [0, 0.1) is 5.82 Å². The number of nitrogens with zero attached hydrogens (tertiary/aromatic N) is 4. The lowest BCUT2D eigenvalue weighted by molar-refractivity contribution is 0.141. The lowest BCUT2D eigenvalue weighted by Crippen LogP contribution is -2.27. The smallest absolute Gasteiger partial charge is 0.153 e. The fourth-order valence-electron chi connectivity index (χ4n) is 1.84.